The van der Waals surface area contributed by atoms with Gasteiger partial charge in [-0.25, -0.2) is 0 Å². The Hall–Kier alpha value is -0.430. The Morgan fingerprint density at radius 2 is 1.33 bits per heavy atom. The molecule has 1 aliphatic rings. The molecule has 7 heteroatoms. The van der Waals surface area contributed by atoms with Gasteiger partial charge in [0.25, 0.3) is 0 Å². The summed E-state index contributed by atoms with van der Waals surface area (Å²) in [4.78, 5) is 0. The largest absolute Gasteiger partial charge is 0.453 e. The monoisotopic (exact) mass is 360 g/mol. The van der Waals surface area contributed by atoms with Gasteiger partial charge >= 0.3 is 12.1 Å². The summed E-state index contributed by atoms with van der Waals surface area (Å²) in [7, 11) is 0. The van der Waals surface area contributed by atoms with Crippen LogP contribution < -0.4 is 0 Å². The summed E-state index contributed by atoms with van der Waals surface area (Å²) >= 11 is 0. The maximum Gasteiger partial charge on any atom is 0.453 e. The molecule has 2 nitrogen and oxygen atoms in total. The molecule has 0 amide bonds. The van der Waals surface area contributed by atoms with Crippen LogP contribution in [-0.2, 0) is 9.47 Å². The standard InChI is InChI=1S/C17H29F5O2/c18-16(19,17(20,21)22)12-8-6-4-2-1-3-5-7-9-13-23-15-11-10-14-24-15/h15H,1-14H2. The molecule has 0 aromatic heterocycles. The SMILES string of the molecule is FC(F)(F)C(F)(F)CCCCCCCCCCCOC1CCCO1. The number of unbranched alkanes of at least 4 members (excludes halogenated alkanes) is 8. The molecule has 1 heterocycles. The highest BCUT2D eigenvalue weighted by Crippen LogP contribution is 2.39. The van der Waals surface area contributed by atoms with E-state index in [0.717, 1.165) is 71.0 Å². The molecule has 0 aromatic carbocycles. The first-order chi connectivity index (χ1) is 11.3. The lowest BCUT2D eigenvalue weighted by Gasteiger charge is -2.19. The molecule has 1 atom stereocenters. The minimum Gasteiger partial charge on any atom is -0.353 e. The van der Waals surface area contributed by atoms with E-state index >= 15 is 0 Å². The van der Waals surface area contributed by atoms with Gasteiger partial charge in [0.2, 0.25) is 0 Å². The van der Waals surface area contributed by atoms with E-state index in [-0.39, 0.29) is 12.7 Å². The van der Waals surface area contributed by atoms with Crippen LogP contribution in [0.3, 0.4) is 0 Å². The van der Waals surface area contributed by atoms with Gasteiger partial charge in [0.1, 0.15) is 0 Å². The fourth-order valence-electron chi connectivity index (χ4n) is 2.72. The van der Waals surface area contributed by atoms with Gasteiger partial charge in [0, 0.05) is 26.1 Å². The zero-order chi connectivity index (χ0) is 17.9. The van der Waals surface area contributed by atoms with Crippen LogP contribution in [0.25, 0.3) is 0 Å². The summed E-state index contributed by atoms with van der Waals surface area (Å²) in [6.07, 6.45) is 2.75. The zero-order valence-corrected chi connectivity index (χ0v) is 14.2. The van der Waals surface area contributed by atoms with Crippen molar-refractivity contribution >= 4 is 0 Å². The van der Waals surface area contributed by atoms with Crippen molar-refractivity contribution in [2.24, 2.45) is 0 Å². The highest BCUT2D eigenvalue weighted by molar-refractivity contribution is 4.75. The average molecular weight is 360 g/mol. The quantitative estimate of drug-likeness (QED) is 0.286. The second kappa shape index (κ2) is 11.2. The van der Waals surface area contributed by atoms with Gasteiger partial charge in [-0.3, -0.25) is 0 Å². The molecule has 24 heavy (non-hydrogen) atoms. The Morgan fingerprint density at radius 3 is 1.83 bits per heavy atom. The third-order valence-corrected chi connectivity index (χ3v) is 4.24. The number of hydrogen-bond acceptors (Lipinski definition) is 2. The van der Waals surface area contributed by atoms with Crippen LogP contribution in [0.15, 0.2) is 0 Å². The molecule has 0 bridgehead atoms. The summed E-state index contributed by atoms with van der Waals surface area (Å²) in [5.41, 5.74) is 0. The Labute approximate surface area is 141 Å². The van der Waals surface area contributed by atoms with E-state index in [4.69, 9.17) is 9.47 Å². The summed E-state index contributed by atoms with van der Waals surface area (Å²) < 4.78 is 72.1. The van der Waals surface area contributed by atoms with Crippen LogP contribution >= 0.6 is 0 Å². The van der Waals surface area contributed by atoms with Gasteiger partial charge in [-0.05, 0) is 19.3 Å². The zero-order valence-electron chi connectivity index (χ0n) is 14.2. The molecule has 0 N–H and O–H groups in total. The van der Waals surface area contributed by atoms with Crippen LogP contribution in [0, 0.1) is 0 Å². The lowest BCUT2D eigenvalue weighted by atomic mass is 10.0. The molecule has 0 radical (unpaired) electrons. The molecule has 0 saturated carbocycles. The van der Waals surface area contributed by atoms with E-state index in [1.165, 1.54) is 0 Å². The van der Waals surface area contributed by atoms with Gasteiger partial charge in [-0.15, -0.1) is 0 Å². The third-order valence-electron chi connectivity index (χ3n) is 4.24. The molecular weight excluding hydrogens is 331 g/mol. The predicted octanol–water partition coefficient (Wildman–Crippen LogP) is 6.24. The van der Waals surface area contributed by atoms with Gasteiger partial charge in [-0.2, -0.15) is 22.0 Å². The molecule has 1 aliphatic heterocycles. The van der Waals surface area contributed by atoms with Crippen molar-refractivity contribution in [3.05, 3.63) is 0 Å². The van der Waals surface area contributed by atoms with Gasteiger partial charge in [0.05, 0.1) is 0 Å². The Kier molecular flexibility index (Phi) is 10.1. The van der Waals surface area contributed by atoms with E-state index in [0.29, 0.717) is 6.42 Å². The van der Waals surface area contributed by atoms with Crippen LogP contribution in [0.1, 0.15) is 77.0 Å². The second-order valence-corrected chi connectivity index (χ2v) is 6.45. The van der Waals surface area contributed by atoms with Crippen LogP contribution in [0.2, 0.25) is 0 Å². The topological polar surface area (TPSA) is 18.5 Å². The molecule has 1 saturated heterocycles. The fraction of sp³-hybridized carbons (Fsp3) is 1.00. The van der Waals surface area contributed by atoms with E-state index in [1.807, 2.05) is 0 Å². The Morgan fingerprint density at radius 1 is 0.792 bits per heavy atom. The van der Waals surface area contributed by atoms with Gasteiger partial charge in [0.15, 0.2) is 6.29 Å². The second-order valence-electron chi connectivity index (χ2n) is 6.45. The average Bonchev–Trinajstić information content (AvgIpc) is 3.00. The molecular formula is C17H29F5O2. The lowest BCUT2D eigenvalue weighted by Crippen LogP contribution is -2.36. The summed E-state index contributed by atoms with van der Waals surface area (Å²) in [5, 5.41) is 0. The van der Waals surface area contributed by atoms with Crippen molar-refractivity contribution in [3.63, 3.8) is 0 Å². The van der Waals surface area contributed by atoms with Gasteiger partial charge < -0.3 is 9.47 Å². The summed E-state index contributed by atoms with van der Waals surface area (Å²) in [6.45, 7) is 1.51. The molecule has 0 aromatic rings. The van der Waals surface area contributed by atoms with Gasteiger partial charge in [-0.1, -0.05) is 44.9 Å². The van der Waals surface area contributed by atoms with Crippen molar-refractivity contribution in [1.82, 2.24) is 0 Å². The number of alkyl halides is 5. The lowest BCUT2D eigenvalue weighted by molar-refractivity contribution is -0.284. The number of rotatable bonds is 13. The highest BCUT2D eigenvalue weighted by atomic mass is 19.4. The Balaban J connectivity index is 1.80. The van der Waals surface area contributed by atoms with Crippen molar-refractivity contribution in [1.29, 1.82) is 0 Å². The molecule has 1 unspecified atom stereocenters. The number of ether oxygens (including phenoxy) is 2. The van der Waals surface area contributed by atoms with Crippen molar-refractivity contribution in [3.8, 4) is 0 Å². The normalized spacial score (nSPS) is 19.1. The fourth-order valence-corrected chi connectivity index (χ4v) is 2.72. The van der Waals surface area contributed by atoms with E-state index in [9.17, 15) is 22.0 Å². The number of hydrogen-bond donors (Lipinski definition) is 0. The maximum absolute atomic E-state index is 12.7. The molecule has 1 fully saturated rings. The van der Waals surface area contributed by atoms with Crippen molar-refractivity contribution in [2.75, 3.05) is 13.2 Å². The minimum absolute atomic E-state index is 0.0188. The summed E-state index contributed by atoms with van der Waals surface area (Å²) in [6, 6.07) is 0. The summed E-state index contributed by atoms with van der Waals surface area (Å²) in [5.74, 6) is -4.54. The third kappa shape index (κ3) is 9.16. The van der Waals surface area contributed by atoms with Crippen LogP contribution in [0.4, 0.5) is 22.0 Å². The molecule has 0 spiro atoms. The first-order valence-electron chi connectivity index (χ1n) is 9.01. The first-order valence-corrected chi connectivity index (χ1v) is 9.01. The van der Waals surface area contributed by atoms with E-state index < -0.39 is 18.5 Å². The maximum atomic E-state index is 12.7. The number of halogens is 5. The molecule has 144 valence electrons. The Bertz CT molecular complexity index is 315. The molecule has 0 aliphatic carbocycles. The highest BCUT2D eigenvalue weighted by Gasteiger charge is 2.56. The first kappa shape index (κ1) is 21.6. The van der Waals surface area contributed by atoms with Crippen LogP contribution in [0.5, 0.6) is 0 Å². The van der Waals surface area contributed by atoms with Crippen LogP contribution in [-0.4, -0.2) is 31.6 Å². The van der Waals surface area contributed by atoms with E-state index in [1.54, 1.807) is 0 Å². The molecule has 1 rings (SSSR count). The van der Waals surface area contributed by atoms with Crippen molar-refractivity contribution in [2.45, 2.75) is 95.4 Å². The van der Waals surface area contributed by atoms with Crippen molar-refractivity contribution < 1.29 is 31.4 Å². The predicted molar refractivity (Wildman–Crippen MR) is 82.1 cm³/mol. The minimum atomic E-state index is -5.42. The van der Waals surface area contributed by atoms with E-state index in [2.05, 4.69) is 0 Å². The smallest absolute Gasteiger partial charge is 0.353 e.